The van der Waals surface area contributed by atoms with E-state index in [1.54, 1.807) is 0 Å². The number of aromatic amines is 1. The molecule has 1 aliphatic heterocycles. The average Bonchev–Trinajstić information content (AvgIpc) is 2.85. The number of hydrogen-bond donors (Lipinski definition) is 2. The van der Waals surface area contributed by atoms with Crippen LogP contribution >= 0.6 is 0 Å². The van der Waals surface area contributed by atoms with Crippen LogP contribution < -0.4 is 10.9 Å². The molecule has 1 aromatic rings. The second kappa shape index (κ2) is 6.36. The summed E-state index contributed by atoms with van der Waals surface area (Å²) < 4.78 is 50.7. The summed E-state index contributed by atoms with van der Waals surface area (Å²) in [4.78, 5) is 26.7. The van der Waals surface area contributed by atoms with Crippen molar-refractivity contribution in [3.8, 4) is 0 Å². The molecule has 1 saturated carbocycles. The molecule has 1 unspecified atom stereocenters. The maximum absolute atomic E-state index is 14.0. The molecule has 0 saturated heterocycles. The van der Waals surface area contributed by atoms with Crippen molar-refractivity contribution >= 4 is 15.7 Å². The lowest BCUT2D eigenvalue weighted by molar-refractivity contribution is -0.0559. The molecule has 1 fully saturated rings. The van der Waals surface area contributed by atoms with Gasteiger partial charge in [0.25, 0.3) is 17.4 Å². The zero-order chi connectivity index (χ0) is 18.2. The molecule has 2 aliphatic rings. The van der Waals surface area contributed by atoms with E-state index in [4.69, 9.17) is 0 Å². The molecule has 1 aromatic heterocycles. The molecule has 6 nitrogen and oxygen atoms in total. The van der Waals surface area contributed by atoms with Crippen molar-refractivity contribution < 1.29 is 22.0 Å². The number of halogens is 2. The van der Waals surface area contributed by atoms with Crippen LogP contribution in [0, 0.1) is 0 Å². The van der Waals surface area contributed by atoms with E-state index in [0.717, 1.165) is 5.41 Å². The van der Waals surface area contributed by atoms with E-state index in [9.17, 15) is 26.8 Å². The Labute approximate surface area is 143 Å². The van der Waals surface area contributed by atoms with Gasteiger partial charge in [0.1, 0.15) is 5.56 Å². The van der Waals surface area contributed by atoms with Crippen LogP contribution in [0.5, 0.6) is 0 Å². The zero-order valence-corrected chi connectivity index (χ0v) is 14.1. The van der Waals surface area contributed by atoms with Crippen LogP contribution in [0.25, 0.3) is 0 Å². The quantitative estimate of drug-likeness (QED) is 0.844. The topological polar surface area (TPSA) is 96.1 Å². The number of aromatic nitrogens is 1. The maximum atomic E-state index is 14.0. The molecule has 0 radical (unpaired) electrons. The summed E-state index contributed by atoms with van der Waals surface area (Å²) in [6.07, 6.45) is 2.50. The highest BCUT2D eigenvalue weighted by Crippen LogP contribution is 2.43. The second-order valence-corrected chi connectivity index (χ2v) is 8.39. The Bertz CT molecular complexity index is 876. The van der Waals surface area contributed by atoms with Crippen molar-refractivity contribution in [3.63, 3.8) is 0 Å². The number of H-pyrrole nitrogens is 1. The SMILES string of the molecule is O=C(N[C@@H]1C=CS(=O)(=O)C1)c1ccc(C2CCCCC2(F)F)[nH]c1=O. The Balaban J connectivity index is 1.77. The molecular formula is C16H18F2N2O4S. The first-order valence-electron chi connectivity index (χ1n) is 8.01. The van der Waals surface area contributed by atoms with E-state index in [1.807, 2.05) is 0 Å². The maximum Gasteiger partial charge on any atom is 0.261 e. The predicted octanol–water partition coefficient (Wildman–Crippen LogP) is 1.71. The molecule has 0 aromatic carbocycles. The number of carbonyl (C=O) groups is 1. The van der Waals surface area contributed by atoms with Crippen LogP contribution in [0.3, 0.4) is 0 Å². The van der Waals surface area contributed by atoms with Crippen molar-refractivity contribution in [1.29, 1.82) is 0 Å². The Morgan fingerprint density at radius 1 is 1.28 bits per heavy atom. The lowest BCUT2D eigenvalue weighted by Crippen LogP contribution is -2.38. The van der Waals surface area contributed by atoms with Crippen LogP contribution in [0.1, 0.15) is 47.7 Å². The predicted molar refractivity (Wildman–Crippen MR) is 87.4 cm³/mol. The van der Waals surface area contributed by atoms with E-state index in [2.05, 4.69) is 10.3 Å². The molecule has 1 aliphatic carbocycles. The molecule has 0 spiro atoms. The minimum absolute atomic E-state index is 0.120. The summed E-state index contributed by atoms with van der Waals surface area (Å²) in [7, 11) is -3.33. The number of nitrogens with one attached hydrogen (secondary N) is 2. The average molecular weight is 372 g/mol. The number of alkyl halides is 2. The van der Waals surface area contributed by atoms with E-state index >= 15 is 0 Å². The number of carbonyl (C=O) groups excluding carboxylic acids is 1. The van der Waals surface area contributed by atoms with Crippen molar-refractivity contribution in [1.82, 2.24) is 10.3 Å². The molecule has 1 amide bonds. The summed E-state index contributed by atoms with van der Waals surface area (Å²) in [5, 5.41) is 3.44. The van der Waals surface area contributed by atoms with Crippen molar-refractivity contribution in [2.75, 3.05) is 5.75 Å². The van der Waals surface area contributed by atoms with Gasteiger partial charge in [0, 0.05) is 17.5 Å². The normalized spacial score (nSPS) is 27.1. The number of sulfone groups is 1. The second-order valence-electron chi connectivity index (χ2n) is 6.45. The van der Waals surface area contributed by atoms with Crippen LogP contribution in [0.2, 0.25) is 0 Å². The van der Waals surface area contributed by atoms with Crippen molar-refractivity contribution in [2.45, 2.75) is 43.6 Å². The van der Waals surface area contributed by atoms with Gasteiger partial charge in [0.15, 0.2) is 9.84 Å². The Morgan fingerprint density at radius 3 is 2.64 bits per heavy atom. The van der Waals surface area contributed by atoms with Crippen molar-refractivity contribution in [3.05, 3.63) is 45.2 Å². The van der Waals surface area contributed by atoms with E-state index < -0.39 is 39.2 Å². The highest BCUT2D eigenvalue weighted by molar-refractivity contribution is 7.94. The van der Waals surface area contributed by atoms with Gasteiger partial charge >= 0.3 is 0 Å². The van der Waals surface area contributed by atoms with E-state index in [1.165, 1.54) is 18.2 Å². The van der Waals surface area contributed by atoms with Gasteiger partial charge in [0.05, 0.1) is 17.7 Å². The standard InChI is InChI=1S/C16H18F2N2O4S/c17-16(18)7-2-1-3-12(16)13-5-4-11(15(22)20-13)14(21)19-10-6-8-25(23,24)9-10/h4-6,8,10,12H,1-3,7,9H2,(H,19,21)(H,20,22)/t10-,12?/m1/s1. The molecule has 136 valence electrons. The number of amides is 1. The highest BCUT2D eigenvalue weighted by atomic mass is 32.2. The Kier molecular flexibility index (Phi) is 4.52. The smallest absolute Gasteiger partial charge is 0.261 e. The fourth-order valence-electron chi connectivity index (χ4n) is 3.26. The number of hydrogen-bond acceptors (Lipinski definition) is 4. The van der Waals surface area contributed by atoms with E-state index in [0.29, 0.717) is 12.8 Å². The minimum Gasteiger partial charge on any atom is -0.345 e. The van der Waals surface area contributed by atoms with Gasteiger partial charge in [-0.15, -0.1) is 0 Å². The van der Waals surface area contributed by atoms with E-state index in [-0.39, 0.29) is 29.9 Å². The third-order valence-corrected chi connectivity index (χ3v) is 5.96. The summed E-state index contributed by atoms with van der Waals surface area (Å²) in [5.74, 6) is -4.94. The van der Waals surface area contributed by atoms with Gasteiger partial charge in [0.2, 0.25) is 0 Å². The molecule has 2 atom stereocenters. The fraction of sp³-hybridized carbons (Fsp3) is 0.500. The highest BCUT2D eigenvalue weighted by Gasteiger charge is 2.42. The Hall–Kier alpha value is -2.03. The fourth-order valence-corrected chi connectivity index (χ4v) is 4.50. The van der Waals surface area contributed by atoms with Gasteiger partial charge in [-0.05, 0) is 31.1 Å². The van der Waals surface area contributed by atoms with Crippen LogP contribution in [-0.4, -0.2) is 37.0 Å². The number of pyridine rings is 1. The summed E-state index contributed by atoms with van der Waals surface area (Å²) >= 11 is 0. The first kappa shape index (κ1) is 17.8. The summed E-state index contributed by atoms with van der Waals surface area (Å²) in [5.41, 5.74) is -0.878. The minimum atomic E-state index is -3.33. The largest absolute Gasteiger partial charge is 0.345 e. The molecular weight excluding hydrogens is 354 g/mol. The van der Waals surface area contributed by atoms with Crippen molar-refractivity contribution in [2.24, 2.45) is 0 Å². The van der Waals surface area contributed by atoms with Gasteiger partial charge in [-0.2, -0.15) is 0 Å². The molecule has 0 bridgehead atoms. The van der Waals surface area contributed by atoms with Gasteiger partial charge in [-0.3, -0.25) is 9.59 Å². The third-order valence-electron chi connectivity index (χ3n) is 4.56. The Morgan fingerprint density at radius 2 is 2.04 bits per heavy atom. The molecule has 2 heterocycles. The van der Waals surface area contributed by atoms with Gasteiger partial charge in [-0.25, -0.2) is 17.2 Å². The first-order valence-corrected chi connectivity index (χ1v) is 9.72. The third kappa shape index (κ3) is 3.81. The molecule has 3 rings (SSSR count). The van der Waals surface area contributed by atoms with Crippen LogP contribution in [0.4, 0.5) is 8.78 Å². The summed E-state index contributed by atoms with van der Waals surface area (Å²) in [6, 6.07) is 1.84. The lowest BCUT2D eigenvalue weighted by atomic mass is 9.83. The monoisotopic (exact) mass is 372 g/mol. The lowest BCUT2D eigenvalue weighted by Gasteiger charge is -2.31. The molecule has 9 heteroatoms. The van der Waals surface area contributed by atoms with Gasteiger partial charge < -0.3 is 10.3 Å². The molecule has 2 N–H and O–H groups in total. The zero-order valence-electron chi connectivity index (χ0n) is 13.3. The van der Waals surface area contributed by atoms with Crippen LogP contribution in [-0.2, 0) is 9.84 Å². The first-order chi connectivity index (χ1) is 11.7. The van der Waals surface area contributed by atoms with Gasteiger partial charge in [-0.1, -0.05) is 6.42 Å². The molecule has 25 heavy (non-hydrogen) atoms. The number of rotatable bonds is 3. The van der Waals surface area contributed by atoms with Crippen LogP contribution in [0.15, 0.2) is 28.4 Å². The summed E-state index contributed by atoms with van der Waals surface area (Å²) in [6.45, 7) is 0.